The first-order chi connectivity index (χ1) is 40.3. The predicted molar refractivity (Wildman–Crippen MR) is 308 cm³/mol. The third kappa shape index (κ3) is 15.4. The van der Waals surface area contributed by atoms with Crippen LogP contribution < -0.4 is 25.0 Å². The number of ether oxygens (including phenoxy) is 5. The summed E-state index contributed by atoms with van der Waals surface area (Å²) in [5, 5.41) is 0. The highest BCUT2D eigenvalue weighted by Gasteiger charge is 2.50. The maximum Gasteiger partial charge on any atom is 0.417 e. The lowest BCUT2D eigenvalue weighted by Gasteiger charge is -2.42. The number of methoxy groups -OCH3 is 2. The van der Waals surface area contributed by atoms with E-state index in [9.17, 15) is 50.3 Å². The molecule has 2 aliphatic carbocycles. The SMILES string of the molecule is COCC1(C)Oc2cc(C(F)(F)F)c(C(=O)N(C(C)C)C3CCCCC3)cc2N(CCN(Cc2ccccc2)C(=O)OCc2ccccc2)C1=O.COCC1(C)Oc2cc(C(F)(F)F)c(C(=O)N(C(C)C)C3CCCCC3)cc2N(CCN)C1=O. The Hall–Kier alpha value is -6.91. The quantitative estimate of drug-likeness (QED) is 0.0885. The first-order valence-electron chi connectivity index (χ1n) is 29.1. The van der Waals surface area contributed by atoms with Crippen LogP contribution in [0.25, 0.3) is 0 Å². The van der Waals surface area contributed by atoms with Crippen molar-refractivity contribution in [3.05, 3.63) is 118 Å². The van der Waals surface area contributed by atoms with Crippen molar-refractivity contribution >= 4 is 41.1 Å². The van der Waals surface area contributed by atoms with Gasteiger partial charge in [-0.15, -0.1) is 0 Å². The van der Waals surface area contributed by atoms with Gasteiger partial charge in [0, 0.05) is 71.1 Å². The Morgan fingerprint density at radius 2 is 1.02 bits per heavy atom. The number of hydrogen-bond acceptors (Lipinski definition) is 11. The average Bonchev–Trinajstić information content (AvgIpc) is 1.07. The van der Waals surface area contributed by atoms with Crippen LogP contribution in [-0.4, -0.2) is 133 Å². The van der Waals surface area contributed by atoms with E-state index in [4.69, 9.17) is 29.4 Å². The van der Waals surface area contributed by atoms with Crippen LogP contribution in [0.4, 0.5) is 42.5 Å². The zero-order chi connectivity index (χ0) is 62.0. The Morgan fingerprint density at radius 3 is 1.40 bits per heavy atom. The average molecular weight is 1200 g/mol. The minimum absolute atomic E-state index is 0.00888. The fourth-order valence-electron chi connectivity index (χ4n) is 11.9. The molecule has 2 fully saturated rings. The van der Waals surface area contributed by atoms with Crippen LogP contribution in [0.2, 0.25) is 0 Å². The van der Waals surface area contributed by atoms with E-state index >= 15 is 0 Å². The van der Waals surface area contributed by atoms with Crippen molar-refractivity contribution < 1.29 is 74.0 Å². The van der Waals surface area contributed by atoms with Gasteiger partial charge in [-0.1, -0.05) is 99.2 Å². The molecule has 85 heavy (non-hydrogen) atoms. The number of halogens is 6. The molecular formula is C63H80F6N6O10. The highest BCUT2D eigenvalue weighted by Crippen LogP contribution is 2.47. The summed E-state index contributed by atoms with van der Waals surface area (Å²) in [7, 11) is 2.74. The first kappa shape index (κ1) is 65.6. The summed E-state index contributed by atoms with van der Waals surface area (Å²) in [5.41, 5.74) is 0.954. The van der Waals surface area contributed by atoms with E-state index in [0.29, 0.717) is 12.8 Å². The summed E-state index contributed by atoms with van der Waals surface area (Å²) in [6.45, 7) is 9.85. The Labute approximate surface area is 493 Å². The van der Waals surface area contributed by atoms with Crippen LogP contribution in [-0.2, 0) is 49.3 Å². The molecule has 0 bridgehead atoms. The van der Waals surface area contributed by atoms with Gasteiger partial charge in [0.1, 0.15) is 18.1 Å². The number of alkyl halides is 6. The summed E-state index contributed by atoms with van der Waals surface area (Å²) in [4.78, 5) is 75.9. The lowest BCUT2D eigenvalue weighted by atomic mass is 9.92. The molecule has 5 amide bonds. The molecule has 2 unspecified atom stereocenters. The van der Waals surface area contributed by atoms with Crippen LogP contribution in [0.5, 0.6) is 11.5 Å². The summed E-state index contributed by atoms with van der Waals surface area (Å²) >= 11 is 0. The van der Waals surface area contributed by atoms with Gasteiger partial charge in [-0.2, -0.15) is 26.3 Å². The Balaban J connectivity index is 0.000000264. The van der Waals surface area contributed by atoms with Crippen molar-refractivity contribution in [2.24, 2.45) is 5.73 Å². The van der Waals surface area contributed by atoms with E-state index in [-0.39, 0.29) is 99.6 Å². The van der Waals surface area contributed by atoms with E-state index in [1.807, 2.05) is 74.5 Å². The fourth-order valence-corrected chi connectivity index (χ4v) is 11.9. The van der Waals surface area contributed by atoms with Gasteiger partial charge < -0.3 is 53.9 Å². The second kappa shape index (κ2) is 28.1. The van der Waals surface area contributed by atoms with Crippen molar-refractivity contribution in [3.8, 4) is 11.5 Å². The van der Waals surface area contributed by atoms with E-state index in [2.05, 4.69) is 0 Å². The van der Waals surface area contributed by atoms with E-state index in [1.54, 1.807) is 23.6 Å². The maximum atomic E-state index is 14.8. The van der Waals surface area contributed by atoms with E-state index in [0.717, 1.165) is 86.8 Å². The van der Waals surface area contributed by atoms with Crippen molar-refractivity contribution in [1.82, 2.24) is 14.7 Å². The van der Waals surface area contributed by atoms with Crippen molar-refractivity contribution in [2.75, 3.05) is 63.4 Å². The fraction of sp³-hybridized carbons (Fsp3) is 0.540. The molecule has 0 spiro atoms. The number of nitrogens with two attached hydrogens (primary N) is 1. The zero-order valence-electron chi connectivity index (χ0n) is 49.8. The molecule has 2 heterocycles. The number of rotatable bonds is 19. The van der Waals surface area contributed by atoms with Gasteiger partial charge in [0.2, 0.25) is 11.2 Å². The Morgan fingerprint density at radius 1 is 0.624 bits per heavy atom. The van der Waals surface area contributed by atoms with Gasteiger partial charge in [0.15, 0.2) is 0 Å². The Kier molecular flexibility index (Phi) is 21.7. The van der Waals surface area contributed by atoms with E-state index < -0.39 is 75.5 Å². The topological polar surface area (TPSA) is 174 Å². The lowest BCUT2D eigenvalue weighted by Crippen LogP contribution is -2.58. The highest BCUT2D eigenvalue weighted by atomic mass is 19.4. The van der Waals surface area contributed by atoms with E-state index in [1.165, 1.54) is 42.8 Å². The number of carbonyl (C=O) groups excluding carboxylic acids is 5. The monoisotopic (exact) mass is 1190 g/mol. The van der Waals surface area contributed by atoms with Gasteiger partial charge in [0.25, 0.3) is 23.6 Å². The number of anilines is 2. The van der Waals surface area contributed by atoms with Crippen molar-refractivity contribution in [1.29, 1.82) is 0 Å². The highest BCUT2D eigenvalue weighted by molar-refractivity contribution is 6.06. The Bertz CT molecular complexity index is 2960. The normalized spacial score (nSPS) is 19.3. The van der Waals surface area contributed by atoms with Gasteiger partial charge in [0.05, 0.1) is 46.8 Å². The second-order valence-corrected chi connectivity index (χ2v) is 23.1. The van der Waals surface area contributed by atoms with Crippen molar-refractivity contribution in [2.45, 2.75) is 167 Å². The molecule has 2 N–H and O–H groups in total. The number of fused-ring (bicyclic) bond motifs is 2. The minimum atomic E-state index is -4.89. The lowest BCUT2D eigenvalue weighted by molar-refractivity contribution is -0.141. The maximum absolute atomic E-state index is 14.8. The molecule has 464 valence electrons. The summed E-state index contributed by atoms with van der Waals surface area (Å²) in [5.74, 6) is -2.86. The third-order valence-electron chi connectivity index (χ3n) is 15.9. The molecule has 2 saturated carbocycles. The predicted octanol–water partition coefficient (Wildman–Crippen LogP) is 11.8. The first-order valence-corrected chi connectivity index (χ1v) is 29.1. The molecule has 0 saturated heterocycles. The van der Waals surface area contributed by atoms with Gasteiger partial charge in [-0.3, -0.25) is 19.2 Å². The number of nitrogens with zero attached hydrogens (tertiary/aromatic N) is 5. The summed E-state index contributed by atoms with van der Waals surface area (Å²) in [6.07, 6.45) is -1.69. The second-order valence-electron chi connectivity index (χ2n) is 23.1. The number of hydrogen-bond donors (Lipinski definition) is 1. The van der Waals surface area contributed by atoms with Gasteiger partial charge in [-0.05, 0) is 103 Å². The number of benzene rings is 4. The standard InChI is InChI=1S/C39H46F3N3O6.C24H34F3N3O4/c1-27(2)45(30-18-12-7-13-19-30)35(46)31-22-33-34(23-32(31)39(40,41)42)51-38(3,26-49-4)36(47)44(33)21-20-43(24-28-14-8-5-9-15-28)37(48)50-25-29-16-10-6-11-17-29;1-15(2)30(16-8-6-5-7-9-16)21(31)17-12-19-20(13-18(17)24(25,26)27)34-23(3,14-33-4)22(32)29(19)11-10-28/h5-6,8-11,14-17,22-23,27,30H,7,12-13,18-21,24-26H2,1-4H3;12-13,15-16H,5-11,14,28H2,1-4H3. The molecular weight excluding hydrogens is 1110 g/mol. The molecule has 4 aromatic rings. The summed E-state index contributed by atoms with van der Waals surface area (Å²) in [6, 6.07) is 21.4. The van der Waals surface area contributed by atoms with Gasteiger partial charge >= 0.3 is 18.4 Å². The van der Waals surface area contributed by atoms with Crippen LogP contribution in [0, 0.1) is 0 Å². The molecule has 2 atom stereocenters. The molecule has 2 aliphatic heterocycles. The van der Waals surface area contributed by atoms with Crippen LogP contribution in [0.3, 0.4) is 0 Å². The zero-order valence-corrected chi connectivity index (χ0v) is 49.8. The molecule has 8 rings (SSSR count). The minimum Gasteiger partial charge on any atom is -0.473 e. The van der Waals surface area contributed by atoms with Crippen molar-refractivity contribution in [3.63, 3.8) is 0 Å². The largest absolute Gasteiger partial charge is 0.473 e. The van der Waals surface area contributed by atoms with Crippen LogP contribution in [0.15, 0.2) is 84.9 Å². The summed E-state index contributed by atoms with van der Waals surface area (Å²) < 4.78 is 115. The smallest absolute Gasteiger partial charge is 0.417 e. The molecule has 4 aliphatic rings. The number of carbonyl (C=O) groups is 5. The molecule has 0 radical (unpaired) electrons. The van der Waals surface area contributed by atoms with Gasteiger partial charge in [-0.25, -0.2) is 4.79 Å². The molecule has 16 nitrogen and oxygen atoms in total. The molecule has 4 aromatic carbocycles. The number of amides is 5. The van der Waals surface area contributed by atoms with Crippen LogP contribution in [0.1, 0.15) is 149 Å². The van der Waals surface area contributed by atoms with Crippen LogP contribution >= 0.6 is 0 Å². The third-order valence-corrected chi connectivity index (χ3v) is 15.9. The molecule has 22 heteroatoms. The molecule has 0 aromatic heterocycles.